The van der Waals surface area contributed by atoms with Gasteiger partial charge in [-0.3, -0.25) is 0 Å². The lowest BCUT2D eigenvalue weighted by Gasteiger charge is -2.07. The molecule has 0 saturated carbocycles. The highest BCUT2D eigenvalue weighted by Gasteiger charge is 1.81. The second kappa shape index (κ2) is 8.28. The molecule has 1 heteroatoms. The standard InChI is InChI=1S/C6H6.C5H13N/c1-2-4-6-5-3-1;1-4-6(3)5-2/h1-6H;4-5H2,1-3H3. The van der Waals surface area contributed by atoms with Gasteiger partial charge in [0.1, 0.15) is 0 Å². The largest absolute Gasteiger partial charge is 0.307 e. The summed E-state index contributed by atoms with van der Waals surface area (Å²) in [6.45, 7) is 6.64. The molecule has 0 aliphatic heterocycles. The van der Waals surface area contributed by atoms with Crippen LogP contribution >= 0.6 is 0 Å². The summed E-state index contributed by atoms with van der Waals surface area (Å²) >= 11 is 0. The van der Waals surface area contributed by atoms with Crippen LogP contribution in [0.4, 0.5) is 0 Å². The highest BCUT2D eigenvalue weighted by molar-refractivity contribution is 4.99. The Morgan fingerprint density at radius 2 is 1.00 bits per heavy atom. The number of hydrogen-bond donors (Lipinski definition) is 0. The Morgan fingerprint density at radius 3 is 1.08 bits per heavy atom. The van der Waals surface area contributed by atoms with Gasteiger partial charge in [0.05, 0.1) is 0 Å². The molecule has 0 unspecified atom stereocenters. The molecular formula is C11H19N. The van der Waals surface area contributed by atoms with Crippen molar-refractivity contribution in [1.82, 2.24) is 4.90 Å². The van der Waals surface area contributed by atoms with Crippen molar-refractivity contribution in [2.24, 2.45) is 0 Å². The first-order valence-electron chi connectivity index (χ1n) is 4.49. The summed E-state index contributed by atoms with van der Waals surface area (Å²) in [4.78, 5) is 2.25. The third-order valence-electron chi connectivity index (χ3n) is 1.75. The molecule has 0 aliphatic carbocycles. The number of benzene rings is 1. The van der Waals surface area contributed by atoms with Gasteiger partial charge in [-0.25, -0.2) is 0 Å². The van der Waals surface area contributed by atoms with Gasteiger partial charge in [0.2, 0.25) is 0 Å². The Kier molecular flexibility index (Phi) is 7.71. The Labute approximate surface area is 76.0 Å². The minimum atomic E-state index is 1.16. The van der Waals surface area contributed by atoms with Gasteiger partial charge in [0, 0.05) is 0 Å². The summed E-state index contributed by atoms with van der Waals surface area (Å²) in [5.41, 5.74) is 0. The summed E-state index contributed by atoms with van der Waals surface area (Å²) < 4.78 is 0. The van der Waals surface area contributed by atoms with Gasteiger partial charge in [-0.15, -0.1) is 0 Å². The molecule has 0 aromatic heterocycles. The van der Waals surface area contributed by atoms with Gasteiger partial charge in [-0.2, -0.15) is 0 Å². The van der Waals surface area contributed by atoms with E-state index in [1.54, 1.807) is 0 Å². The number of hydrogen-bond acceptors (Lipinski definition) is 1. The Balaban J connectivity index is 0.000000202. The molecule has 12 heavy (non-hydrogen) atoms. The van der Waals surface area contributed by atoms with Gasteiger partial charge in [0.25, 0.3) is 0 Å². The highest BCUT2D eigenvalue weighted by atomic mass is 15.1. The van der Waals surface area contributed by atoms with Crippen molar-refractivity contribution in [2.75, 3.05) is 20.1 Å². The smallest absolute Gasteiger partial charge is 0.00504 e. The Bertz CT molecular complexity index is 129. The molecule has 1 nitrogen and oxygen atoms in total. The Morgan fingerprint density at radius 1 is 0.750 bits per heavy atom. The maximum Gasteiger partial charge on any atom is -0.00504 e. The van der Waals surface area contributed by atoms with Crippen molar-refractivity contribution < 1.29 is 0 Å². The van der Waals surface area contributed by atoms with Crippen LogP contribution in [-0.2, 0) is 0 Å². The number of nitrogens with zero attached hydrogens (tertiary/aromatic N) is 1. The van der Waals surface area contributed by atoms with Crippen molar-refractivity contribution in [3.63, 3.8) is 0 Å². The molecule has 0 atom stereocenters. The minimum Gasteiger partial charge on any atom is -0.307 e. The molecule has 0 radical (unpaired) electrons. The summed E-state index contributed by atoms with van der Waals surface area (Å²) in [5.74, 6) is 0. The van der Waals surface area contributed by atoms with Crippen molar-refractivity contribution >= 4 is 0 Å². The lowest BCUT2D eigenvalue weighted by molar-refractivity contribution is 0.373. The maximum atomic E-state index is 2.25. The first kappa shape index (κ1) is 11.2. The lowest BCUT2D eigenvalue weighted by atomic mass is 10.4. The van der Waals surface area contributed by atoms with Crippen LogP contribution in [0.15, 0.2) is 36.4 Å². The molecule has 0 spiro atoms. The maximum absolute atomic E-state index is 2.25. The summed E-state index contributed by atoms with van der Waals surface area (Å²) in [6.07, 6.45) is 0. The molecule has 0 saturated heterocycles. The van der Waals surface area contributed by atoms with Crippen LogP contribution in [-0.4, -0.2) is 25.0 Å². The minimum absolute atomic E-state index is 1.16. The quantitative estimate of drug-likeness (QED) is 0.651. The van der Waals surface area contributed by atoms with Crippen LogP contribution in [0, 0.1) is 0 Å². The van der Waals surface area contributed by atoms with Crippen LogP contribution in [0.3, 0.4) is 0 Å². The van der Waals surface area contributed by atoms with Gasteiger partial charge < -0.3 is 4.90 Å². The molecule has 0 bridgehead atoms. The normalized spacial score (nSPS) is 9.00. The second-order valence-electron chi connectivity index (χ2n) is 2.64. The first-order chi connectivity index (χ1) is 5.81. The van der Waals surface area contributed by atoms with Crippen molar-refractivity contribution in [1.29, 1.82) is 0 Å². The van der Waals surface area contributed by atoms with Crippen LogP contribution in [0.5, 0.6) is 0 Å². The van der Waals surface area contributed by atoms with E-state index in [0.29, 0.717) is 0 Å². The predicted molar refractivity (Wildman–Crippen MR) is 55.3 cm³/mol. The molecule has 0 aliphatic rings. The molecule has 68 valence electrons. The average Bonchev–Trinajstić information content (AvgIpc) is 2.20. The fourth-order valence-electron chi connectivity index (χ4n) is 0.609. The fraction of sp³-hybridized carbons (Fsp3) is 0.455. The molecular weight excluding hydrogens is 146 g/mol. The zero-order valence-corrected chi connectivity index (χ0v) is 8.33. The van der Waals surface area contributed by atoms with Gasteiger partial charge >= 0.3 is 0 Å². The Hall–Kier alpha value is -0.820. The van der Waals surface area contributed by atoms with Crippen LogP contribution in [0.1, 0.15) is 13.8 Å². The SMILES string of the molecule is CCN(C)CC.c1ccccc1. The van der Waals surface area contributed by atoms with Crippen LogP contribution in [0.25, 0.3) is 0 Å². The van der Waals surface area contributed by atoms with E-state index in [9.17, 15) is 0 Å². The summed E-state index contributed by atoms with van der Waals surface area (Å²) in [7, 11) is 2.11. The van der Waals surface area contributed by atoms with Crippen LogP contribution in [0.2, 0.25) is 0 Å². The molecule has 1 aromatic carbocycles. The summed E-state index contributed by atoms with van der Waals surface area (Å²) in [6, 6.07) is 12.0. The topological polar surface area (TPSA) is 3.24 Å². The van der Waals surface area contributed by atoms with Crippen molar-refractivity contribution in [2.45, 2.75) is 13.8 Å². The lowest BCUT2D eigenvalue weighted by Crippen LogP contribution is -2.15. The fourth-order valence-corrected chi connectivity index (χ4v) is 0.609. The van der Waals surface area contributed by atoms with E-state index in [4.69, 9.17) is 0 Å². The van der Waals surface area contributed by atoms with Gasteiger partial charge in [-0.1, -0.05) is 50.2 Å². The van der Waals surface area contributed by atoms with E-state index in [2.05, 4.69) is 25.8 Å². The molecule has 0 heterocycles. The van der Waals surface area contributed by atoms with Gasteiger partial charge in [-0.05, 0) is 20.1 Å². The van der Waals surface area contributed by atoms with Gasteiger partial charge in [0.15, 0.2) is 0 Å². The molecule has 1 aromatic rings. The van der Waals surface area contributed by atoms with E-state index >= 15 is 0 Å². The second-order valence-corrected chi connectivity index (χ2v) is 2.64. The third kappa shape index (κ3) is 7.29. The molecule has 0 N–H and O–H groups in total. The average molecular weight is 165 g/mol. The highest BCUT2D eigenvalue weighted by Crippen LogP contribution is 1.79. The first-order valence-corrected chi connectivity index (χ1v) is 4.49. The zero-order chi connectivity index (χ0) is 9.23. The van der Waals surface area contributed by atoms with E-state index in [1.807, 2.05) is 36.4 Å². The van der Waals surface area contributed by atoms with E-state index < -0.39 is 0 Å². The molecule has 1 rings (SSSR count). The zero-order valence-electron chi connectivity index (χ0n) is 8.33. The monoisotopic (exact) mass is 165 g/mol. The van der Waals surface area contributed by atoms with E-state index in [1.165, 1.54) is 0 Å². The van der Waals surface area contributed by atoms with E-state index in [-0.39, 0.29) is 0 Å². The van der Waals surface area contributed by atoms with E-state index in [0.717, 1.165) is 13.1 Å². The predicted octanol–water partition coefficient (Wildman–Crippen LogP) is 2.64. The third-order valence-corrected chi connectivity index (χ3v) is 1.75. The molecule has 0 amide bonds. The number of rotatable bonds is 2. The summed E-state index contributed by atoms with van der Waals surface area (Å²) in [5, 5.41) is 0. The molecule has 0 fully saturated rings. The van der Waals surface area contributed by atoms with Crippen molar-refractivity contribution in [3.8, 4) is 0 Å². The van der Waals surface area contributed by atoms with Crippen molar-refractivity contribution in [3.05, 3.63) is 36.4 Å². The van der Waals surface area contributed by atoms with Crippen LogP contribution < -0.4 is 0 Å².